The minimum Gasteiger partial charge on any atom is -0.394 e. The van der Waals surface area contributed by atoms with Gasteiger partial charge < -0.3 is 10.0 Å². The Morgan fingerprint density at radius 3 is 3.13 bits per heavy atom. The van der Waals surface area contributed by atoms with Crippen molar-refractivity contribution in [2.75, 3.05) is 18.1 Å². The van der Waals surface area contributed by atoms with Gasteiger partial charge in [-0.25, -0.2) is 4.98 Å². The minimum atomic E-state index is 0.232. The number of aliphatic hydroxyl groups excluding tert-OH is 1. The van der Waals surface area contributed by atoms with E-state index >= 15 is 0 Å². The van der Waals surface area contributed by atoms with Gasteiger partial charge in [-0.05, 0) is 37.8 Å². The highest BCUT2D eigenvalue weighted by molar-refractivity contribution is 5.47. The van der Waals surface area contributed by atoms with Crippen LogP contribution in [0.25, 0.3) is 0 Å². The molecule has 0 saturated carbocycles. The Balaban J connectivity index is 2.24. The molecule has 82 valence electrons. The molecule has 1 N–H and O–H groups in total. The predicted octanol–water partition coefficient (Wildman–Crippen LogP) is 1.74. The van der Waals surface area contributed by atoms with Gasteiger partial charge in [0.1, 0.15) is 5.82 Å². The van der Waals surface area contributed by atoms with E-state index in [4.69, 9.17) is 0 Å². The molecule has 2 heterocycles. The van der Waals surface area contributed by atoms with Gasteiger partial charge in [0.25, 0.3) is 0 Å². The number of rotatable bonds is 2. The molecule has 3 heteroatoms. The summed E-state index contributed by atoms with van der Waals surface area (Å²) in [5, 5.41) is 9.34. The Morgan fingerprint density at radius 1 is 1.53 bits per heavy atom. The van der Waals surface area contributed by atoms with Gasteiger partial charge in [0.15, 0.2) is 0 Å². The van der Waals surface area contributed by atoms with Crippen molar-refractivity contribution in [1.82, 2.24) is 4.98 Å². The monoisotopic (exact) mass is 206 g/mol. The third-order valence-corrected chi connectivity index (χ3v) is 3.09. The zero-order valence-electron chi connectivity index (χ0n) is 9.19. The number of hydrogen-bond donors (Lipinski definition) is 1. The molecular formula is C12H18N2O. The minimum absolute atomic E-state index is 0.232. The zero-order valence-corrected chi connectivity index (χ0v) is 9.19. The zero-order chi connectivity index (χ0) is 10.7. The molecule has 1 aromatic heterocycles. The Kier molecular flexibility index (Phi) is 3.21. The van der Waals surface area contributed by atoms with Crippen molar-refractivity contribution < 1.29 is 5.11 Å². The van der Waals surface area contributed by atoms with Crippen LogP contribution < -0.4 is 4.90 Å². The van der Waals surface area contributed by atoms with Crippen molar-refractivity contribution in [3.05, 3.63) is 23.9 Å². The lowest BCUT2D eigenvalue weighted by molar-refractivity contribution is 0.239. The summed E-state index contributed by atoms with van der Waals surface area (Å²) in [7, 11) is 0. The predicted molar refractivity (Wildman–Crippen MR) is 61.0 cm³/mol. The van der Waals surface area contributed by atoms with E-state index in [1.165, 1.54) is 18.4 Å². The molecule has 1 aromatic rings. The largest absolute Gasteiger partial charge is 0.394 e. The van der Waals surface area contributed by atoms with Crippen LogP contribution in [0, 0.1) is 6.92 Å². The number of hydrogen-bond acceptors (Lipinski definition) is 3. The van der Waals surface area contributed by atoms with Gasteiger partial charge in [-0.1, -0.05) is 6.07 Å². The fraction of sp³-hybridized carbons (Fsp3) is 0.583. The van der Waals surface area contributed by atoms with E-state index < -0.39 is 0 Å². The first-order valence-corrected chi connectivity index (χ1v) is 5.62. The SMILES string of the molecule is Cc1cccnc1N1CCCCC1CO. The molecule has 0 aromatic carbocycles. The highest BCUT2D eigenvalue weighted by Crippen LogP contribution is 2.25. The van der Waals surface area contributed by atoms with Crippen molar-refractivity contribution in [3.63, 3.8) is 0 Å². The number of anilines is 1. The lowest BCUT2D eigenvalue weighted by Crippen LogP contribution is -2.42. The van der Waals surface area contributed by atoms with E-state index in [1.54, 1.807) is 0 Å². The quantitative estimate of drug-likeness (QED) is 0.800. The molecule has 0 amide bonds. The van der Waals surface area contributed by atoms with Gasteiger partial charge in [-0.3, -0.25) is 0 Å². The van der Waals surface area contributed by atoms with Crippen molar-refractivity contribution in [1.29, 1.82) is 0 Å². The van der Waals surface area contributed by atoms with Gasteiger partial charge in [0.2, 0.25) is 0 Å². The second-order valence-electron chi connectivity index (χ2n) is 4.17. The molecule has 3 nitrogen and oxygen atoms in total. The first-order chi connectivity index (χ1) is 7.33. The van der Waals surface area contributed by atoms with E-state index in [-0.39, 0.29) is 12.6 Å². The normalized spacial score (nSPS) is 21.7. The van der Waals surface area contributed by atoms with Crippen molar-refractivity contribution in [2.45, 2.75) is 32.2 Å². The van der Waals surface area contributed by atoms with E-state index in [0.717, 1.165) is 18.8 Å². The van der Waals surface area contributed by atoms with Crippen LogP contribution in [0.1, 0.15) is 24.8 Å². The van der Waals surface area contributed by atoms with Gasteiger partial charge >= 0.3 is 0 Å². The summed E-state index contributed by atoms with van der Waals surface area (Å²) < 4.78 is 0. The molecule has 0 bridgehead atoms. The van der Waals surface area contributed by atoms with Gasteiger partial charge in [-0.2, -0.15) is 0 Å². The summed E-state index contributed by atoms with van der Waals surface area (Å²) in [5.74, 6) is 1.04. The van der Waals surface area contributed by atoms with E-state index in [9.17, 15) is 5.11 Å². The smallest absolute Gasteiger partial charge is 0.131 e. The van der Waals surface area contributed by atoms with Gasteiger partial charge in [0.05, 0.1) is 12.6 Å². The summed E-state index contributed by atoms with van der Waals surface area (Å²) >= 11 is 0. The molecule has 1 fully saturated rings. The van der Waals surface area contributed by atoms with Crippen molar-refractivity contribution >= 4 is 5.82 Å². The molecule has 2 rings (SSSR count). The summed E-state index contributed by atoms with van der Waals surface area (Å²) in [6, 6.07) is 4.29. The van der Waals surface area contributed by atoms with Crippen LogP contribution in [-0.2, 0) is 0 Å². The second kappa shape index (κ2) is 4.62. The average molecular weight is 206 g/mol. The molecule has 0 radical (unpaired) electrons. The average Bonchev–Trinajstić information content (AvgIpc) is 2.30. The third-order valence-electron chi connectivity index (χ3n) is 3.09. The first-order valence-electron chi connectivity index (χ1n) is 5.62. The second-order valence-corrected chi connectivity index (χ2v) is 4.17. The van der Waals surface area contributed by atoms with Crippen LogP contribution >= 0.6 is 0 Å². The fourth-order valence-corrected chi connectivity index (χ4v) is 2.25. The maximum Gasteiger partial charge on any atom is 0.131 e. The highest BCUT2D eigenvalue weighted by atomic mass is 16.3. The van der Waals surface area contributed by atoms with E-state index in [0.29, 0.717) is 0 Å². The number of nitrogens with zero attached hydrogens (tertiary/aromatic N) is 2. The lowest BCUT2D eigenvalue weighted by Gasteiger charge is -2.36. The van der Waals surface area contributed by atoms with Crippen LogP contribution in [-0.4, -0.2) is 29.3 Å². The summed E-state index contributed by atoms with van der Waals surface area (Å²) in [5.41, 5.74) is 1.19. The van der Waals surface area contributed by atoms with E-state index in [1.807, 2.05) is 12.3 Å². The first kappa shape index (κ1) is 10.4. The van der Waals surface area contributed by atoms with Crippen LogP contribution in [0.2, 0.25) is 0 Å². The summed E-state index contributed by atoms with van der Waals surface area (Å²) in [6.07, 6.45) is 5.32. The molecule has 1 aliphatic heterocycles. The number of aliphatic hydroxyl groups is 1. The van der Waals surface area contributed by atoms with Crippen LogP contribution in [0.15, 0.2) is 18.3 Å². The maximum absolute atomic E-state index is 9.34. The Labute approximate surface area is 90.8 Å². The fourth-order valence-electron chi connectivity index (χ4n) is 2.25. The summed E-state index contributed by atoms with van der Waals surface area (Å²) in [4.78, 5) is 6.66. The van der Waals surface area contributed by atoms with E-state index in [2.05, 4.69) is 22.9 Å². The number of pyridine rings is 1. The third kappa shape index (κ3) is 2.12. The molecule has 1 atom stereocenters. The Morgan fingerprint density at radius 2 is 2.40 bits per heavy atom. The topological polar surface area (TPSA) is 36.4 Å². The van der Waals surface area contributed by atoms with Gasteiger partial charge in [0, 0.05) is 12.7 Å². The Hall–Kier alpha value is -1.09. The van der Waals surface area contributed by atoms with Crippen molar-refractivity contribution in [3.8, 4) is 0 Å². The van der Waals surface area contributed by atoms with Crippen molar-refractivity contribution in [2.24, 2.45) is 0 Å². The highest BCUT2D eigenvalue weighted by Gasteiger charge is 2.23. The Bertz CT molecular complexity index is 327. The molecule has 0 aliphatic carbocycles. The number of aromatic nitrogens is 1. The van der Waals surface area contributed by atoms with Crippen LogP contribution in [0.5, 0.6) is 0 Å². The molecule has 1 saturated heterocycles. The molecular weight excluding hydrogens is 188 g/mol. The molecule has 1 unspecified atom stereocenters. The molecule has 15 heavy (non-hydrogen) atoms. The molecule has 1 aliphatic rings. The standard InChI is InChI=1S/C12H18N2O/c1-10-5-4-7-13-12(10)14-8-3-2-6-11(14)9-15/h4-5,7,11,15H,2-3,6,8-9H2,1H3. The van der Waals surface area contributed by atoms with Crippen LogP contribution in [0.4, 0.5) is 5.82 Å². The van der Waals surface area contributed by atoms with Gasteiger partial charge in [-0.15, -0.1) is 0 Å². The van der Waals surface area contributed by atoms with Crippen LogP contribution in [0.3, 0.4) is 0 Å². The summed E-state index contributed by atoms with van der Waals surface area (Å²) in [6.45, 7) is 3.32. The number of aryl methyl sites for hydroxylation is 1. The maximum atomic E-state index is 9.34. The number of piperidine rings is 1. The molecule has 0 spiro atoms. The lowest BCUT2D eigenvalue weighted by atomic mass is 10.0.